The van der Waals surface area contributed by atoms with Crippen molar-refractivity contribution in [2.45, 2.75) is 43.8 Å². The number of nitrogens with one attached hydrogen (secondary N) is 1. The lowest BCUT2D eigenvalue weighted by Crippen LogP contribution is -2.51. The molecule has 3 atom stereocenters. The molecule has 0 spiro atoms. The largest absolute Gasteiger partial charge is 0.508 e. The van der Waals surface area contributed by atoms with Gasteiger partial charge in [0.15, 0.2) is 11.5 Å². The van der Waals surface area contributed by atoms with E-state index in [1.54, 1.807) is 18.3 Å². The molecular weight excluding hydrogens is 490 g/mol. The summed E-state index contributed by atoms with van der Waals surface area (Å²) in [5, 5.41) is 16.6. The second kappa shape index (κ2) is 9.63. The first-order valence-corrected chi connectivity index (χ1v) is 13.7. The van der Waals surface area contributed by atoms with Gasteiger partial charge in [-0.1, -0.05) is 18.1 Å². The number of hydrogen-bond acceptors (Lipinski definition) is 9. The number of ether oxygens (including phenoxy) is 1. The molecule has 9 nitrogen and oxygen atoms in total. The summed E-state index contributed by atoms with van der Waals surface area (Å²) in [7, 11) is 2.13. The van der Waals surface area contributed by atoms with Gasteiger partial charge in [0.25, 0.3) is 0 Å². The maximum absolute atomic E-state index is 10.5. The van der Waals surface area contributed by atoms with Crippen molar-refractivity contribution in [3.63, 3.8) is 0 Å². The lowest BCUT2D eigenvalue weighted by Gasteiger charge is -2.34. The van der Waals surface area contributed by atoms with Crippen molar-refractivity contribution < 1.29 is 9.84 Å². The molecule has 2 N–H and O–H groups in total. The summed E-state index contributed by atoms with van der Waals surface area (Å²) in [6, 6.07) is 10.6. The zero-order valence-corrected chi connectivity index (χ0v) is 22.0. The van der Waals surface area contributed by atoms with Crippen LogP contribution in [0.5, 0.6) is 11.8 Å². The number of benzene rings is 2. The van der Waals surface area contributed by atoms with Crippen molar-refractivity contribution in [2.24, 2.45) is 0 Å². The van der Waals surface area contributed by atoms with E-state index in [0.717, 1.165) is 53.6 Å². The van der Waals surface area contributed by atoms with Crippen LogP contribution in [-0.4, -0.2) is 81.4 Å². The van der Waals surface area contributed by atoms with Gasteiger partial charge in [0.1, 0.15) is 18.2 Å². The van der Waals surface area contributed by atoms with Crippen molar-refractivity contribution in [1.82, 2.24) is 30.2 Å². The predicted octanol–water partition coefficient (Wildman–Crippen LogP) is 3.34. The molecule has 0 saturated carbocycles. The maximum Gasteiger partial charge on any atom is 0.320 e. The van der Waals surface area contributed by atoms with Gasteiger partial charge < -0.3 is 25.0 Å². The lowest BCUT2D eigenvalue weighted by atomic mass is 9.98. The number of likely N-dealkylation sites (N-methyl/N-ethyl adjacent to an activating group) is 1. The van der Waals surface area contributed by atoms with E-state index in [1.165, 1.54) is 19.3 Å². The third-order valence-electron chi connectivity index (χ3n) is 8.36. The van der Waals surface area contributed by atoms with Crippen LogP contribution in [0.3, 0.4) is 0 Å². The van der Waals surface area contributed by atoms with E-state index in [1.807, 2.05) is 18.2 Å². The summed E-state index contributed by atoms with van der Waals surface area (Å²) in [5.74, 6) is 4.14. The van der Waals surface area contributed by atoms with E-state index in [2.05, 4.69) is 28.1 Å². The van der Waals surface area contributed by atoms with E-state index in [0.29, 0.717) is 47.8 Å². The molecule has 3 aliphatic rings. The molecule has 9 heteroatoms. The number of anilines is 1. The summed E-state index contributed by atoms with van der Waals surface area (Å²) < 4.78 is 6.21. The highest BCUT2D eigenvalue weighted by atomic mass is 16.5. The molecule has 3 aliphatic heterocycles. The first kappa shape index (κ1) is 24.1. The van der Waals surface area contributed by atoms with Crippen LogP contribution in [0.15, 0.2) is 36.5 Å². The lowest BCUT2D eigenvalue weighted by molar-refractivity contribution is 0.188. The smallest absolute Gasteiger partial charge is 0.320 e. The molecule has 0 radical (unpaired) electrons. The summed E-state index contributed by atoms with van der Waals surface area (Å²) in [4.78, 5) is 23.9. The van der Waals surface area contributed by atoms with Gasteiger partial charge in [0, 0.05) is 53.9 Å². The average Bonchev–Trinajstić information content (AvgIpc) is 3.52. The van der Waals surface area contributed by atoms with Crippen molar-refractivity contribution >= 4 is 27.6 Å². The van der Waals surface area contributed by atoms with Gasteiger partial charge in [0.05, 0.1) is 5.39 Å². The normalized spacial score (nSPS) is 23.0. The van der Waals surface area contributed by atoms with Crippen molar-refractivity contribution in [3.05, 3.63) is 42.1 Å². The van der Waals surface area contributed by atoms with E-state index in [-0.39, 0.29) is 5.75 Å². The Kier molecular flexibility index (Phi) is 5.94. The fourth-order valence-electron chi connectivity index (χ4n) is 6.36. The van der Waals surface area contributed by atoms with Crippen LogP contribution in [-0.2, 0) is 0 Å². The van der Waals surface area contributed by atoms with Crippen LogP contribution in [0.1, 0.15) is 31.2 Å². The highest BCUT2D eigenvalue weighted by Crippen LogP contribution is 2.35. The standard InChI is InChI=1S/C30H31N7O2/c1-3-18-6-4-7-19-12-23(38)13-24(26(18)19)27-31-14-25-28(33-27)34-30(39-17-22-8-5-11-36(22)2)35-29(25)37-15-20-9-10-21(16-37)32-20/h1,4,6-7,12-14,20-22,32,38H,5,8-11,15-17H2,2H3. The average molecular weight is 522 g/mol. The minimum absolute atomic E-state index is 0.125. The molecule has 2 bridgehead atoms. The Hall–Kier alpha value is -4.00. The molecular formula is C30H31N7O2. The van der Waals surface area contributed by atoms with Gasteiger partial charge in [-0.25, -0.2) is 9.97 Å². The molecule has 2 aromatic heterocycles. The van der Waals surface area contributed by atoms with Crippen LogP contribution < -0.4 is 15.0 Å². The van der Waals surface area contributed by atoms with Crippen LogP contribution in [0.2, 0.25) is 0 Å². The van der Waals surface area contributed by atoms with E-state index in [9.17, 15) is 5.11 Å². The maximum atomic E-state index is 10.5. The minimum Gasteiger partial charge on any atom is -0.508 e. The Morgan fingerprint density at radius 2 is 1.97 bits per heavy atom. The second-order valence-corrected chi connectivity index (χ2v) is 10.9. The number of aromatic hydroxyl groups is 1. The van der Waals surface area contributed by atoms with Crippen molar-refractivity contribution in [3.8, 4) is 35.5 Å². The van der Waals surface area contributed by atoms with Gasteiger partial charge in [-0.15, -0.1) is 6.42 Å². The Balaban J connectivity index is 1.34. The SMILES string of the molecule is C#Cc1cccc2cc(O)cc(-c3ncc4c(N5CC6CCC(C5)N6)nc(OCC5CCCN5C)nc4n3)c12. The fourth-order valence-corrected chi connectivity index (χ4v) is 6.36. The number of fused-ring (bicyclic) bond motifs is 4. The summed E-state index contributed by atoms with van der Waals surface area (Å²) >= 11 is 0. The summed E-state index contributed by atoms with van der Waals surface area (Å²) in [6.45, 7) is 3.36. The van der Waals surface area contributed by atoms with Crippen LogP contribution in [0, 0.1) is 12.3 Å². The predicted molar refractivity (Wildman–Crippen MR) is 151 cm³/mol. The zero-order chi connectivity index (χ0) is 26.5. The molecule has 7 rings (SSSR count). The van der Waals surface area contributed by atoms with Gasteiger partial charge in [-0.3, -0.25) is 0 Å². The van der Waals surface area contributed by atoms with Crippen LogP contribution in [0.25, 0.3) is 33.2 Å². The number of rotatable bonds is 5. The zero-order valence-electron chi connectivity index (χ0n) is 22.0. The van der Waals surface area contributed by atoms with Gasteiger partial charge in [-0.2, -0.15) is 9.97 Å². The Labute approximate surface area is 227 Å². The summed E-state index contributed by atoms with van der Waals surface area (Å²) in [6.07, 6.45) is 12.2. The van der Waals surface area contributed by atoms with Crippen molar-refractivity contribution in [1.29, 1.82) is 0 Å². The molecule has 2 aromatic carbocycles. The second-order valence-electron chi connectivity index (χ2n) is 10.9. The van der Waals surface area contributed by atoms with Crippen molar-refractivity contribution in [2.75, 3.05) is 38.2 Å². The fraction of sp³-hybridized carbons (Fsp3) is 0.400. The molecule has 3 saturated heterocycles. The van der Waals surface area contributed by atoms with E-state index < -0.39 is 0 Å². The highest BCUT2D eigenvalue weighted by Gasteiger charge is 2.34. The monoisotopic (exact) mass is 521 g/mol. The molecule has 3 unspecified atom stereocenters. The van der Waals surface area contributed by atoms with E-state index in [4.69, 9.17) is 31.1 Å². The van der Waals surface area contributed by atoms with Gasteiger partial charge in [0.2, 0.25) is 0 Å². The number of terminal acetylenes is 1. The number of nitrogens with zero attached hydrogens (tertiary/aromatic N) is 6. The Bertz CT molecular complexity index is 1610. The molecule has 0 aliphatic carbocycles. The van der Waals surface area contributed by atoms with Crippen LogP contribution >= 0.6 is 0 Å². The molecule has 0 amide bonds. The number of likely N-dealkylation sites (tertiary alicyclic amines) is 1. The highest BCUT2D eigenvalue weighted by molar-refractivity contribution is 6.01. The minimum atomic E-state index is 0.125. The molecule has 39 heavy (non-hydrogen) atoms. The third kappa shape index (κ3) is 4.40. The topological polar surface area (TPSA) is 99.5 Å². The van der Waals surface area contributed by atoms with Crippen LogP contribution in [0.4, 0.5) is 5.82 Å². The summed E-state index contributed by atoms with van der Waals surface area (Å²) in [5.41, 5.74) is 1.90. The number of hydrogen-bond donors (Lipinski definition) is 2. The first-order valence-electron chi connectivity index (χ1n) is 13.7. The Morgan fingerprint density at radius 1 is 1.13 bits per heavy atom. The third-order valence-corrected chi connectivity index (χ3v) is 8.36. The molecule has 5 heterocycles. The number of piperazine rings is 1. The molecule has 4 aromatic rings. The number of phenolic OH excluding ortho intramolecular Hbond substituents is 1. The van der Waals surface area contributed by atoms with Gasteiger partial charge >= 0.3 is 6.01 Å². The number of aromatic nitrogens is 4. The van der Waals surface area contributed by atoms with E-state index >= 15 is 0 Å². The Morgan fingerprint density at radius 3 is 2.74 bits per heavy atom. The molecule has 198 valence electrons. The molecule has 3 fully saturated rings. The quantitative estimate of drug-likeness (QED) is 0.383. The van der Waals surface area contributed by atoms with Gasteiger partial charge in [-0.05, 0) is 62.9 Å². The number of phenols is 1. The first-order chi connectivity index (χ1) is 19.1.